The lowest BCUT2D eigenvalue weighted by molar-refractivity contribution is -0.116. The summed E-state index contributed by atoms with van der Waals surface area (Å²) in [5, 5.41) is 7.13. The molecule has 1 aliphatic rings. The highest BCUT2D eigenvalue weighted by Gasteiger charge is 2.22. The van der Waals surface area contributed by atoms with Gasteiger partial charge in [-0.15, -0.1) is 0 Å². The number of halogens is 2. The standard InChI is InChI=1S/C16H23Cl2N3O/c1-2-9-21(12-6-8-19-11-12)10-7-15(22)20-16-13(17)4-3-5-14(16)18/h3-5,12,19H,2,6-11H2,1H3,(H,20,22). The van der Waals surface area contributed by atoms with E-state index in [1.165, 1.54) is 0 Å². The van der Waals surface area contributed by atoms with Crippen LogP contribution in [0.15, 0.2) is 18.2 Å². The van der Waals surface area contributed by atoms with Gasteiger partial charge in [0, 0.05) is 25.6 Å². The van der Waals surface area contributed by atoms with Crippen LogP contribution in [-0.4, -0.2) is 43.0 Å². The van der Waals surface area contributed by atoms with Gasteiger partial charge in [-0.2, -0.15) is 0 Å². The fourth-order valence-electron chi connectivity index (χ4n) is 2.78. The van der Waals surface area contributed by atoms with Crippen molar-refractivity contribution in [2.24, 2.45) is 0 Å². The average Bonchev–Trinajstić information content (AvgIpc) is 3.01. The van der Waals surface area contributed by atoms with Gasteiger partial charge in [0.25, 0.3) is 0 Å². The van der Waals surface area contributed by atoms with E-state index < -0.39 is 0 Å². The Balaban J connectivity index is 1.88. The van der Waals surface area contributed by atoms with E-state index in [0.29, 0.717) is 28.2 Å². The van der Waals surface area contributed by atoms with Gasteiger partial charge in [-0.1, -0.05) is 36.2 Å². The van der Waals surface area contributed by atoms with Crippen molar-refractivity contribution in [3.8, 4) is 0 Å². The smallest absolute Gasteiger partial charge is 0.225 e. The quantitative estimate of drug-likeness (QED) is 0.797. The number of anilines is 1. The summed E-state index contributed by atoms with van der Waals surface area (Å²) < 4.78 is 0. The Kier molecular flexibility index (Phi) is 6.96. The van der Waals surface area contributed by atoms with Crippen molar-refractivity contribution in [1.82, 2.24) is 10.2 Å². The van der Waals surface area contributed by atoms with Gasteiger partial charge >= 0.3 is 0 Å². The van der Waals surface area contributed by atoms with Crippen LogP contribution in [0.5, 0.6) is 0 Å². The molecule has 1 atom stereocenters. The van der Waals surface area contributed by atoms with Gasteiger partial charge < -0.3 is 10.6 Å². The first kappa shape index (κ1) is 17.5. The van der Waals surface area contributed by atoms with Crippen molar-refractivity contribution < 1.29 is 4.79 Å². The Morgan fingerprint density at radius 3 is 2.68 bits per heavy atom. The normalized spacial score (nSPS) is 17.9. The van der Waals surface area contributed by atoms with E-state index in [1.807, 2.05) is 0 Å². The molecular formula is C16H23Cl2N3O. The third kappa shape index (κ3) is 4.85. The van der Waals surface area contributed by atoms with Crippen LogP contribution in [0.3, 0.4) is 0 Å². The summed E-state index contributed by atoms with van der Waals surface area (Å²) in [6, 6.07) is 5.74. The second-order valence-electron chi connectivity index (χ2n) is 5.58. The highest BCUT2D eigenvalue weighted by Crippen LogP contribution is 2.29. The van der Waals surface area contributed by atoms with Crippen molar-refractivity contribution in [1.29, 1.82) is 0 Å². The van der Waals surface area contributed by atoms with E-state index in [1.54, 1.807) is 18.2 Å². The predicted octanol–water partition coefficient (Wildman–Crippen LogP) is 3.40. The number of para-hydroxylation sites is 1. The maximum Gasteiger partial charge on any atom is 0.225 e. The monoisotopic (exact) mass is 343 g/mol. The fraction of sp³-hybridized carbons (Fsp3) is 0.562. The molecule has 1 saturated heterocycles. The highest BCUT2D eigenvalue weighted by molar-refractivity contribution is 6.39. The number of rotatable bonds is 7. The Hall–Kier alpha value is -0.810. The van der Waals surface area contributed by atoms with E-state index >= 15 is 0 Å². The van der Waals surface area contributed by atoms with E-state index in [9.17, 15) is 4.79 Å². The van der Waals surface area contributed by atoms with Gasteiger partial charge in [-0.25, -0.2) is 0 Å². The second-order valence-corrected chi connectivity index (χ2v) is 6.39. The molecule has 1 aromatic rings. The number of carbonyl (C=O) groups is 1. The number of nitrogens with zero attached hydrogens (tertiary/aromatic N) is 1. The molecule has 122 valence electrons. The molecule has 1 heterocycles. The lowest BCUT2D eigenvalue weighted by Crippen LogP contribution is -2.39. The first-order valence-corrected chi connectivity index (χ1v) is 8.56. The summed E-state index contributed by atoms with van der Waals surface area (Å²) in [5.41, 5.74) is 0.500. The number of benzene rings is 1. The maximum absolute atomic E-state index is 12.2. The molecule has 4 nitrogen and oxygen atoms in total. The number of carbonyl (C=O) groups excluding carboxylic acids is 1. The molecule has 1 amide bonds. The first-order valence-electron chi connectivity index (χ1n) is 7.80. The Bertz CT molecular complexity index is 484. The van der Waals surface area contributed by atoms with E-state index in [2.05, 4.69) is 22.5 Å². The Labute approximate surface area is 142 Å². The van der Waals surface area contributed by atoms with Gasteiger partial charge in [0.1, 0.15) is 0 Å². The minimum Gasteiger partial charge on any atom is -0.324 e. The first-order chi connectivity index (χ1) is 10.6. The summed E-state index contributed by atoms with van der Waals surface area (Å²) >= 11 is 12.1. The van der Waals surface area contributed by atoms with Crippen molar-refractivity contribution in [2.75, 3.05) is 31.5 Å². The summed E-state index contributed by atoms with van der Waals surface area (Å²) in [6.45, 7) is 6.02. The van der Waals surface area contributed by atoms with E-state index in [0.717, 1.165) is 39.0 Å². The van der Waals surface area contributed by atoms with Crippen molar-refractivity contribution in [3.63, 3.8) is 0 Å². The lowest BCUT2D eigenvalue weighted by Gasteiger charge is -2.27. The molecular weight excluding hydrogens is 321 g/mol. The average molecular weight is 344 g/mol. The lowest BCUT2D eigenvalue weighted by atomic mass is 10.2. The number of hydrogen-bond donors (Lipinski definition) is 2. The van der Waals surface area contributed by atoms with Gasteiger partial charge in [0.2, 0.25) is 5.91 Å². The number of amides is 1. The largest absolute Gasteiger partial charge is 0.324 e. The summed E-state index contributed by atoms with van der Waals surface area (Å²) in [7, 11) is 0. The SMILES string of the molecule is CCCN(CCC(=O)Nc1c(Cl)cccc1Cl)C1CCNC1. The van der Waals surface area contributed by atoms with Crippen molar-refractivity contribution >= 4 is 34.8 Å². The fourth-order valence-corrected chi connectivity index (χ4v) is 3.27. The molecule has 0 aliphatic carbocycles. The molecule has 0 saturated carbocycles. The second kappa shape index (κ2) is 8.73. The number of nitrogens with one attached hydrogen (secondary N) is 2. The molecule has 1 aromatic carbocycles. The molecule has 2 N–H and O–H groups in total. The van der Waals surface area contributed by atoms with Crippen LogP contribution < -0.4 is 10.6 Å². The van der Waals surface area contributed by atoms with Gasteiger partial charge in [0.05, 0.1) is 15.7 Å². The number of hydrogen-bond acceptors (Lipinski definition) is 3. The zero-order valence-electron chi connectivity index (χ0n) is 12.9. The zero-order chi connectivity index (χ0) is 15.9. The van der Waals surface area contributed by atoms with Crippen LogP contribution in [0.4, 0.5) is 5.69 Å². The molecule has 0 bridgehead atoms. The molecule has 2 rings (SSSR count). The third-order valence-corrected chi connectivity index (χ3v) is 4.54. The minimum atomic E-state index is -0.0536. The summed E-state index contributed by atoms with van der Waals surface area (Å²) in [5.74, 6) is -0.0536. The van der Waals surface area contributed by atoms with Crippen LogP contribution >= 0.6 is 23.2 Å². The van der Waals surface area contributed by atoms with Gasteiger partial charge in [-0.3, -0.25) is 9.69 Å². The topological polar surface area (TPSA) is 44.4 Å². The maximum atomic E-state index is 12.2. The van der Waals surface area contributed by atoms with Gasteiger partial charge in [0.15, 0.2) is 0 Å². The molecule has 1 unspecified atom stereocenters. The van der Waals surface area contributed by atoms with Crippen LogP contribution in [-0.2, 0) is 4.79 Å². The summed E-state index contributed by atoms with van der Waals surface area (Å²) in [4.78, 5) is 14.6. The molecule has 22 heavy (non-hydrogen) atoms. The predicted molar refractivity (Wildman–Crippen MR) is 92.8 cm³/mol. The van der Waals surface area contributed by atoms with E-state index in [4.69, 9.17) is 23.2 Å². The van der Waals surface area contributed by atoms with Gasteiger partial charge in [-0.05, 0) is 38.1 Å². The van der Waals surface area contributed by atoms with Crippen LogP contribution in [0.2, 0.25) is 10.0 Å². The van der Waals surface area contributed by atoms with Crippen LogP contribution in [0, 0.1) is 0 Å². The highest BCUT2D eigenvalue weighted by atomic mass is 35.5. The van der Waals surface area contributed by atoms with Crippen molar-refractivity contribution in [2.45, 2.75) is 32.2 Å². The molecule has 0 spiro atoms. The Morgan fingerprint density at radius 2 is 2.09 bits per heavy atom. The van der Waals surface area contributed by atoms with Crippen LogP contribution in [0.1, 0.15) is 26.2 Å². The van der Waals surface area contributed by atoms with Crippen LogP contribution in [0.25, 0.3) is 0 Å². The van der Waals surface area contributed by atoms with E-state index in [-0.39, 0.29) is 5.91 Å². The molecule has 6 heteroatoms. The third-order valence-electron chi connectivity index (χ3n) is 3.91. The zero-order valence-corrected chi connectivity index (χ0v) is 14.4. The minimum absolute atomic E-state index is 0.0536. The molecule has 1 fully saturated rings. The Morgan fingerprint density at radius 1 is 1.36 bits per heavy atom. The molecule has 1 aliphatic heterocycles. The molecule has 0 aromatic heterocycles. The summed E-state index contributed by atoms with van der Waals surface area (Å²) in [6.07, 6.45) is 2.68. The van der Waals surface area contributed by atoms with Crippen molar-refractivity contribution in [3.05, 3.63) is 28.2 Å². The molecule has 0 radical (unpaired) electrons.